The predicted molar refractivity (Wildman–Crippen MR) is 78.7 cm³/mol. The molecule has 1 aliphatic rings. The van der Waals surface area contributed by atoms with E-state index in [4.69, 9.17) is 0 Å². The normalized spacial score (nSPS) is 17.9. The number of imide groups is 1. The quantitative estimate of drug-likeness (QED) is 0.790. The Morgan fingerprint density at radius 3 is 2.42 bits per heavy atom. The molecular weight excluding hydrogens is 258 g/mol. The zero-order valence-electron chi connectivity index (χ0n) is 11.3. The Kier molecular flexibility index (Phi) is 4.10. The second-order valence-electron chi connectivity index (χ2n) is 5.10. The molecule has 3 nitrogen and oxygen atoms in total. The molecule has 19 heavy (non-hydrogen) atoms. The molecule has 0 aliphatic carbocycles. The summed E-state index contributed by atoms with van der Waals surface area (Å²) in [7, 11) is 0. The van der Waals surface area contributed by atoms with Crippen LogP contribution in [-0.2, 0) is 4.79 Å². The highest BCUT2D eigenvalue weighted by Crippen LogP contribution is 2.32. The molecule has 0 unspecified atom stereocenters. The molecule has 1 aromatic rings. The Labute approximate surface area is 117 Å². The van der Waals surface area contributed by atoms with E-state index in [1.165, 1.54) is 10.5 Å². The fraction of sp³-hybridized carbons (Fsp3) is 0.333. The molecule has 1 heterocycles. The van der Waals surface area contributed by atoms with Crippen LogP contribution in [0.5, 0.6) is 0 Å². The van der Waals surface area contributed by atoms with Crippen molar-refractivity contribution in [1.82, 2.24) is 4.90 Å². The number of nitrogens with zero attached hydrogens (tertiary/aromatic N) is 1. The average Bonchev–Trinajstić information content (AvgIpc) is 2.60. The second kappa shape index (κ2) is 5.61. The topological polar surface area (TPSA) is 37.4 Å². The van der Waals surface area contributed by atoms with Gasteiger partial charge in [0.25, 0.3) is 11.1 Å². The van der Waals surface area contributed by atoms with Crippen molar-refractivity contribution >= 4 is 29.0 Å². The number of aryl methyl sites for hydroxylation is 1. The summed E-state index contributed by atoms with van der Waals surface area (Å²) in [5.41, 5.74) is 2.12. The Bertz CT molecular complexity index is 532. The molecule has 0 spiro atoms. The highest BCUT2D eigenvalue weighted by Gasteiger charge is 2.35. The van der Waals surface area contributed by atoms with E-state index in [1.807, 2.05) is 45.0 Å². The van der Waals surface area contributed by atoms with Gasteiger partial charge in [-0.1, -0.05) is 43.7 Å². The van der Waals surface area contributed by atoms with Crippen molar-refractivity contribution in [3.63, 3.8) is 0 Å². The molecular formula is C15H17NO2S. The van der Waals surface area contributed by atoms with Gasteiger partial charge in [-0.2, -0.15) is 0 Å². The smallest absolute Gasteiger partial charge is 0.268 e. The van der Waals surface area contributed by atoms with Gasteiger partial charge in [0.05, 0.1) is 4.91 Å². The lowest BCUT2D eigenvalue weighted by molar-refractivity contribution is -0.123. The molecule has 0 aromatic heterocycles. The van der Waals surface area contributed by atoms with Crippen LogP contribution in [-0.4, -0.2) is 22.6 Å². The maximum Gasteiger partial charge on any atom is 0.293 e. The summed E-state index contributed by atoms with van der Waals surface area (Å²) in [6.45, 7) is 6.48. The number of amides is 2. The number of hydrogen-bond donors (Lipinski definition) is 0. The average molecular weight is 275 g/mol. The molecule has 0 bridgehead atoms. The van der Waals surface area contributed by atoms with Gasteiger partial charge < -0.3 is 0 Å². The first kappa shape index (κ1) is 13.9. The molecule has 0 saturated carbocycles. The molecule has 1 aromatic carbocycles. The summed E-state index contributed by atoms with van der Waals surface area (Å²) in [4.78, 5) is 25.8. The van der Waals surface area contributed by atoms with Gasteiger partial charge in [0, 0.05) is 6.54 Å². The molecule has 0 radical (unpaired) electrons. The van der Waals surface area contributed by atoms with Crippen molar-refractivity contribution in [2.75, 3.05) is 6.54 Å². The highest BCUT2D eigenvalue weighted by molar-refractivity contribution is 8.18. The van der Waals surface area contributed by atoms with E-state index in [1.54, 1.807) is 6.08 Å². The van der Waals surface area contributed by atoms with Crippen LogP contribution in [0.2, 0.25) is 0 Å². The van der Waals surface area contributed by atoms with Gasteiger partial charge in [0.1, 0.15) is 0 Å². The fourth-order valence-corrected chi connectivity index (χ4v) is 2.68. The van der Waals surface area contributed by atoms with E-state index in [0.29, 0.717) is 11.4 Å². The van der Waals surface area contributed by atoms with Crippen molar-refractivity contribution in [3.8, 4) is 0 Å². The Morgan fingerprint density at radius 2 is 1.84 bits per heavy atom. The molecule has 1 saturated heterocycles. The first-order valence-corrected chi connectivity index (χ1v) is 7.11. The maximum absolute atomic E-state index is 12.1. The van der Waals surface area contributed by atoms with E-state index in [0.717, 1.165) is 17.3 Å². The lowest BCUT2D eigenvalue weighted by atomic mass is 10.1. The van der Waals surface area contributed by atoms with Crippen LogP contribution in [0.3, 0.4) is 0 Å². The lowest BCUT2D eigenvalue weighted by Gasteiger charge is -2.14. The van der Waals surface area contributed by atoms with Crippen LogP contribution in [0.25, 0.3) is 6.08 Å². The molecule has 1 aliphatic heterocycles. The summed E-state index contributed by atoms with van der Waals surface area (Å²) < 4.78 is 0. The molecule has 2 rings (SSSR count). The SMILES string of the molecule is Cc1ccc(/C=C2\SC(=O)N(CC(C)C)C2=O)cc1. The van der Waals surface area contributed by atoms with Crippen LogP contribution in [0.4, 0.5) is 4.79 Å². The van der Waals surface area contributed by atoms with Crippen LogP contribution in [0.1, 0.15) is 25.0 Å². The van der Waals surface area contributed by atoms with E-state index >= 15 is 0 Å². The van der Waals surface area contributed by atoms with Gasteiger partial charge in [-0.3, -0.25) is 14.5 Å². The number of benzene rings is 1. The number of thioether (sulfide) groups is 1. The third kappa shape index (κ3) is 3.26. The number of carbonyl (C=O) groups excluding carboxylic acids is 2. The minimum absolute atomic E-state index is 0.169. The minimum atomic E-state index is -0.177. The maximum atomic E-state index is 12.1. The van der Waals surface area contributed by atoms with E-state index in [-0.39, 0.29) is 17.1 Å². The van der Waals surface area contributed by atoms with Crippen LogP contribution < -0.4 is 0 Å². The van der Waals surface area contributed by atoms with E-state index < -0.39 is 0 Å². The molecule has 2 amide bonds. The van der Waals surface area contributed by atoms with Crippen LogP contribution >= 0.6 is 11.8 Å². The number of hydrogen-bond acceptors (Lipinski definition) is 3. The first-order valence-electron chi connectivity index (χ1n) is 6.29. The van der Waals surface area contributed by atoms with Crippen LogP contribution in [0, 0.1) is 12.8 Å². The van der Waals surface area contributed by atoms with Gasteiger partial charge in [-0.15, -0.1) is 0 Å². The molecule has 1 fully saturated rings. The minimum Gasteiger partial charge on any atom is -0.268 e. The Balaban J connectivity index is 2.20. The molecule has 0 atom stereocenters. The number of carbonyl (C=O) groups is 2. The molecule has 4 heteroatoms. The lowest BCUT2D eigenvalue weighted by Crippen LogP contribution is -2.31. The summed E-state index contributed by atoms with van der Waals surface area (Å²) in [5, 5.41) is -0.169. The standard InChI is InChI=1S/C15H17NO2S/c1-10(2)9-16-14(17)13(19-15(16)18)8-12-6-4-11(3)5-7-12/h4-8,10H,9H2,1-3H3/b13-8-. The van der Waals surface area contributed by atoms with Crippen molar-refractivity contribution in [1.29, 1.82) is 0 Å². The Hall–Kier alpha value is -1.55. The van der Waals surface area contributed by atoms with E-state index in [2.05, 4.69) is 0 Å². The van der Waals surface area contributed by atoms with E-state index in [9.17, 15) is 9.59 Å². The third-order valence-electron chi connectivity index (χ3n) is 2.80. The first-order chi connectivity index (χ1) is 8.97. The van der Waals surface area contributed by atoms with Crippen molar-refractivity contribution in [3.05, 3.63) is 40.3 Å². The summed E-state index contributed by atoms with van der Waals surface area (Å²) in [6, 6.07) is 7.88. The summed E-state index contributed by atoms with van der Waals surface area (Å²) >= 11 is 1.02. The van der Waals surface area contributed by atoms with Crippen molar-refractivity contribution < 1.29 is 9.59 Å². The van der Waals surface area contributed by atoms with Gasteiger partial charge in [0.2, 0.25) is 0 Å². The van der Waals surface area contributed by atoms with Crippen molar-refractivity contribution in [2.45, 2.75) is 20.8 Å². The fourth-order valence-electron chi connectivity index (χ4n) is 1.84. The zero-order chi connectivity index (χ0) is 14.0. The molecule has 100 valence electrons. The van der Waals surface area contributed by atoms with Gasteiger partial charge in [-0.25, -0.2) is 0 Å². The predicted octanol–water partition coefficient (Wildman–Crippen LogP) is 3.69. The van der Waals surface area contributed by atoms with Gasteiger partial charge in [-0.05, 0) is 36.2 Å². The Morgan fingerprint density at radius 1 is 1.21 bits per heavy atom. The van der Waals surface area contributed by atoms with Gasteiger partial charge in [0.15, 0.2) is 0 Å². The van der Waals surface area contributed by atoms with Crippen LogP contribution in [0.15, 0.2) is 29.2 Å². The largest absolute Gasteiger partial charge is 0.293 e. The molecule has 0 N–H and O–H groups in total. The second-order valence-corrected chi connectivity index (χ2v) is 6.09. The number of rotatable bonds is 3. The van der Waals surface area contributed by atoms with Gasteiger partial charge >= 0.3 is 0 Å². The van der Waals surface area contributed by atoms with Crippen molar-refractivity contribution in [2.24, 2.45) is 5.92 Å². The highest BCUT2D eigenvalue weighted by atomic mass is 32.2. The third-order valence-corrected chi connectivity index (χ3v) is 3.70. The monoisotopic (exact) mass is 275 g/mol. The summed E-state index contributed by atoms with van der Waals surface area (Å²) in [6.07, 6.45) is 1.78. The summed E-state index contributed by atoms with van der Waals surface area (Å²) in [5.74, 6) is 0.108. The zero-order valence-corrected chi connectivity index (χ0v) is 12.2.